The van der Waals surface area contributed by atoms with Crippen molar-refractivity contribution in [3.05, 3.63) is 0 Å². The summed E-state index contributed by atoms with van der Waals surface area (Å²) in [6.07, 6.45) is 15.6. The van der Waals surface area contributed by atoms with Crippen LogP contribution in [0.4, 0.5) is 0 Å². The first-order valence-corrected chi connectivity index (χ1v) is 10.9. The first-order chi connectivity index (χ1) is 13.3. The molecule has 4 rings (SSSR count). The predicted molar refractivity (Wildman–Crippen MR) is 113 cm³/mol. The normalized spacial score (nSPS) is 35.4. The van der Waals surface area contributed by atoms with Crippen LogP contribution in [-0.2, 0) is 0 Å². The number of aliphatic imine (C=N–C) groups is 2. The fourth-order valence-corrected chi connectivity index (χ4v) is 4.75. The third kappa shape index (κ3) is 4.92. The summed E-state index contributed by atoms with van der Waals surface area (Å²) in [4.78, 5) is 9.35. The first-order valence-electron chi connectivity index (χ1n) is 10.9. The number of hydrogen-bond donors (Lipinski definition) is 2. The lowest BCUT2D eigenvalue weighted by molar-refractivity contribution is 0.107. The highest BCUT2D eigenvalue weighted by Gasteiger charge is 2.38. The van der Waals surface area contributed by atoms with Crippen LogP contribution in [0.5, 0.6) is 0 Å². The SMILES string of the molecule is [B]C1C=NN2C(NCC3C=NCCC3)CC(=NCCC3CCCCC3)NC12. The number of fused-ring (bicyclic) bond motifs is 1. The summed E-state index contributed by atoms with van der Waals surface area (Å²) in [5, 5.41) is 13.9. The second-order valence-electron chi connectivity index (χ2n) is 8.52. The van der Waals surface area contributed by atoms with Crippen molar-refractivity contribution >= 4 is 26.1 Å². The number of hydrazone groups is 1. The molecule has 0 amide bonds. The maximum Gasteiger partial charge on any atom is 0.118 e. The van der Waals surface area contributed by atoms with Crippen LogP contribution in [0.3, 0.4) is 0 Å². The van der Waals surface area contributed by atoms with E-state index in [1.807, 2.05) is 6.21 Å². The van der Waals surface area contributed by atoms with Crippen molar-refractivity contribution in [2.75, 3.05) is 19.6 Å². The van der Waals surface area contributed by atoms with Gasteiger partial charge in [0.15, 0.2) is 0 Å². The van der Waals surface area contributed by atoms with Gasteiger partial charge in [-0.3, -0.25) is 20.3 Å². The quantitative estimate of drug-likeness (QED) is 0.708. The van der Waals surface area contributed by atoms with Crippen molar-refractivity contribution in [1.82, 2.24) is 15.6 Å². The highest BCUT2D eigenvalue weighted by Crippen LogP contribution is 2.27. The van der Waals surface area contributed by atoms with E-state index in [1.54, 1.807) is 0 Å². The smallest absolute Gasteiger partial charge is 0.118 e. The summed E-state index contributed by atoms with van der Waals surface area (Å²) < 4.78 is 0. The molecule has 0 aromatic rings. The summed E-state index contributed by atoms with van der Waals surface area (Å²) in [6, 6.07) is 0. The molecule has 2 N–H and O–H groups in total. The van der Waals surface area contributed by atoms with Crippen LogP contribution in [0.2, 0.25) is 5.82 Å². The van der Waals surface area contributed by atoms with Gasteiger partial charge in [0.25, 0.3) is 0 Å². The molecule has 3 heterocycles. The average molecular weight is 368 g/mol. The average Bonchev–Trinajstić information content (AvgIpc) is 3.09. The van der Waals surface area contributed by atoms with E-state index in [4.69, 9.17) is 12.8 Å². The lowest BCUT2D eigenvalue weighted by Crippen LogP contribution is -2.60. The molecule has 0 aromatic heterocycles. The third-order valence-corrected chi connectivity index (χ3v) is 6.40. The van der Waals surface area contributed by atoms with Crippen molar-refractivity contribution in [2.24, 2.45) is 26.9 Å². The van der Waals surface area contributed by atoms with Crippen LogP contribution in [0.1, 0.15) is 57.8 Å². The number of hydrogen-bond acceptors (Lipinski definition) is 5. The van der Waals surface area contributed by atoms with E-state index in [0.29, 0.717) is 5.92 Å². The summed E-state index contributed by atoms with van der Waals surface area (Å²) in [6.45, 7) is 2.85. The van der Waals surface area contributed by atoms with E-state index in [9.17, 15) is 0 Å². The van der Waals surface area contributed by atoms with Crippen LogP contribution in [0, 0.1) is 11.8 Å². The second-order valence-corrected chi connectivity index (χ2v) is 8.52. The second kappa shape index (κ2) is 9.22. The van der Waals surface area contributed by atoms with Gasteiger partial charge in [0.2, 0.25) is 0 Å². The summed E-state index contributed by atoms with van der Waals surface area (Å²) >= 11 is 0. The van der Waals surface area contributed by atoms with Crippen LogP contribution in [-0.4, -0.2) is 63.1 Å². The van der Waals surface area contributed by atoms with Crippen LogP contribution in [0.15, 0.2) is 15.1 Å². The van der Waals surface area contributed by atoms with Crippen molar-refractivity contribution in [1.29, 1.82) is 0 Å². The van der Waals surface area contributed by atoms with Gasteiger partial charge in [0, 0.05) is 44.4 Å². The van der Waals surface area contributed by atoms with E-state index >= 15 is 0 Å². The highest BCUT2D eigenvalue weighted by atomic mass is 15.6. The predicted octanol–water partition coefficient (Wildman–Crippen LogP) is 2.33. The van der Waals surface area contributed by atoms with Gasteiger partial charge in [0.05, 0.1) is 7.85 Å². The van der Waals surface area contributed by atoms with E-state index in [2.05, 4.69) is 32.0 Å². The van der Waals surface area contributed by atoms with Gasteiger partial charge in [-0.1, -0.05) is 32.1 Å². The molecule has 4 aliphatic rings. The molecule has 146 valence electrons. The van der Waals surface area contributed by atoms with Gasteiger partial charge in [-0.25, -0.2) is 0 Å². The number of nitrogens with zero attached hydrogens (tertiary/aromatic N) is 4. The molecule has 1 saturated carbocycles. The number of rotatable bonds is 6. The minimum Gasteiger partial charge on any atom is -0.353 e. The van der Waals surface area contributed by atoms with Crippen LogP contribution in [0.25, 0.3) is 0 Å². The standard InChI is InChI=1S/C20H33BN6/c21-17-14-25-27-19(24-13-16-7-4-9-22-12-16)11-18(26-20(17)27)23-10-8-15-5-2-1-3-6-15/h12,14-17,19-20,24H,1-11,13H2,(H,23,26). The van der Waals surface area contributed by atoms with E-state index in [1.165, 1.54) is 51.4 Å². The van der Waals surface area contributed by atoms with Gasteiger partial charge in [-0.15, -0.1) is 0 Å². The van der Waals surface area contributed by atoms with Gasteiger partial charge < -0.3 is 5.32 Å². The molecule has 6 nitrogen and oxygen atoms in total. The first kappa shape index (κ1) is 19.0. The third-order valence-electron chi connectivity index (χ3n) is 6.40. The zero-order valence-electron chi connectivity index (χ0n) is 16.4. The molecule has 0 bridgehead atoms. The fourth-order valence-electron chi connectivity index (χ4n) is 4.75. The molecular formula is C20H33BN6. The largest absolute Gasteiger partial charge is 0.353 e. The maximum absolute atomic E-state index is 6.24. The van der Waals surface area contributed by atoms with Crippen molar-refractivity contribution in [2.45, 2.75) is 75.9 Å². The maximum atomic E-state index is 6.24. The monoisotopic (exact) mass is 368 g/mol. The highest BCUT2D eigenvalue weighted by molar-refractivity contribution is 6.21. The lowest BCUT2D eigenvalue weighted by Gasteiger charge is -2.41. The lowest BCUT2D eigenvalue weighted by atomic mass is 9.85. The molecule has 2 fully saturated rings. The minimum absolute atomic E-state index is 0.0182. The van der Waals surface area contributed by atoms with Crippen molar-refractivity contribution < 1.29 is 0 Å². The zero-order valence-corrected chi connectivity index (χ0v) is 16.4. The van der Waals surface area contributed by atoms with Crippen LogP contribution >= 0.6 is 0 Å². The fraction of sp³-hybridized carbons (Fsp3) is 0.850. The molecule has 4 unspecified atom stereocenters. The summed E-state index contributed by atoms with van der Waals surface area (Å²) in [7, 11) is 6.24. The molecular weight excluding hydrogens is 335 g/mol. The molecule has 2 radical (unpaired) electrons. The van der Waals surface area contributed by atoms with Gasteiger partial charge in [0.1, 0.15) is 18.2 Å². The Labute approximate surface area is 164 Å². The summed E-state index contributed by atoms with van der Waals surface area (Å²) in [5.41, 5.74) is 0. The van der Waals surface area contributed by atoms with Gasteiger partial charge in [-0.05, 0) is 31.0 Å². The Bertz CT molecular complexity index is 571. The van der Waals surface area contributed by atoms with Crippen molar-refractivity contribution in [3.8, 4) is 0 Å². The Kier molecular flexibility index (Phi) is 6.48. The molecule has 3 aliphatic heterocycles. The van der Waals surface area contributed by atoms with E-state index in [-0.39, 0.29) is 18.1 Å². The zero-order chi connectivity index (χ0) is 18.5. The van der Waals surface area contributed by atoms with Gasteiger partial charge >= 0.3 is 0 Å². The Morgan fingerprint density at radius 2 is 2.07 bits per heavy atom. The molecule has 7 heteroatoms. The Morgan fingerprint density at radius 1 is 1.19 bits per heavy atom. The van der Waals surface area contributed by atoms with E-state index in [0.717, 1.165) is 37.8 Å². The van der Waals surface area contributed by atoms with Gasteiger partial charge in [-0.2, -0.15) is 5.10 Å². The Balaban J connectivity index is 1.33. The molecule has 1 aliphatic carbocycles. The topological polar surface area (TPSA) is 64.4 Å². The Hall–Kier alpha value is -1.37. The van der Waals surface area contributed by atoms with E-state index < -0.39 is 0 Å². The molecule has 1 saturated heterocycles. The van der Waals surface area contributed by atoms with Crippen molar-refractivity contribution in [3.63, 3.8) is 0 Å². The Morgan fingerprint density at radius 3 is 2.89 bits per heavy atom. The molecule has 4 atom stereocenters. The molecule has 0 spiro atoms. The van der Waals surface area contributed by atoms with Crippen LogP contribution < -0.4 is 10.6 Å². The summed E-state index contributed by atoms with van der Waals surface area (Å²) in [5.74, 6) is 2.40. The number of amidine groups is 1. The number of nitrogens with one attached hydrogen (secondary N) is 2. The minimum atomic E-state index is -0.0885. The molecule has 0 aromatic carbocycles. The molecule has 27 heavy (non-hydrogen) atoms.